The van der Waals surface area contributed by atoms with Gasteiger partial charge in [0, 0.05) is 17.6 Å². The molecule has 0 aliphatic rings. The summed E-state index contributed by atoms with van der Waals surface area (Å²) in [4.78, 5) is 0. The summed E-state index contributed by atoms with van der Waals surface area (Å²) in [6.45, 7) is 1.89. The van der Waals surface area contributed by atoms with Crippen molar-refractivity contribution in [2.24, 2.45) is 0 Å². The van der Waals surface area contributed by atoms with Crippen LogP contribution in [0.5, 0.6) is 5.75 Å². The number of aromatic nitrogens is 2. The van der Waals surface area contributed by atoms with Crippen LogP contribution in [-0.2, 0) is 6.61 Å². The molecule has 84 valence electrons. The number of hydrogen-bond donors (Lipinski definition) is 0. The van der Waals surface area contributed by atoms with Gasteiger partial charge in [-0.2, -0.15) is 0 Å². The zero-order chi connectivity index (χ0) is 11.5. The van der Waals surface area contributed by atoms with Crippen molar-refractivity contribution >= 4 is 23.1 Å². The van der Waals surface area contributed by atoms with Gasteiger partial charge in [0.2, 0.25) is 0 Å². The van der Waals surface area contributed by atoms with Crippen LogP contribution < -0.4 is 4.74 Å². The van der Waals surface area contributed by atoms with E-state index in [4.69, 9.17) is 16.3 Å². The van der Waals surface area contributed by atoms with Crippen molar-refractivity contribution < 1.29 is 9.13 Å². The second-order valence-corrected chi connectivity index (χ2v) is 4.55. The fraction of sp³-hybridized carbons (Fsp3) is 0.200. The molecule has 0 bridgehead atoms. The second kappa shape index (κ2) is 4.76. The van der Waals surface area contributed by atoms with E-state index in [9.17, 15) is 4.39 Å². The normalized spacial score (nSPS) is 10.4. The van der Waals surface area contributed by atoms with Crippen molar-refractivity contribution in [1.29, 1.82) is 0 Å². The fourth-order valence-corrected chi connectivity index (χ4v) is 1.70. The van der Waals surface area contributed by atoms with E-state index >= 15 is 0 Å². The van der Waals surface area contributed by atoms with Gasteiger partial charge in [0.1, 0.15) is 28.2 Å². The van der Waals surface area contributed by atoms with Gasteiger partial charge in [-0.05, 0) is 18.6 Å². The molecule has 0 radical (unpaired) electrons. The number of hydrogen-bond acceptors (Lipinski definition) is 4. The van der Waals surface area contributed by atoms with Gasteiger partial charge in [-0.25, -0.2) is 4.39 Å². The first-order valence-electron chi connectivity index (χ1n) is 4.52. The van der Waals surface area contributed by atoms with Gasteiger partial charge >= 0.3 is 0 Å². The molecule has 0 saturated heterocycles. The largest absolute Gasteiger partial charge is 0.487 e. The highest BCUT2D eigenvalue weighted by Gasteiger charge is 2.06. The maximum Gasteiger partial charge on any atom is 0.141 e. The van der Waals surface area contributed by atoms with Crippen LogP contribution in [0.3, 0.4) is 0 Å². The SMILES string of the molecule is Cc1ccc(OCc2nnsc2Cl)cc1F. The molecule has 1 aromatic carbocycles. The van der Waals surface area contributed by atoms with Gasteiger partial charge in [-0.15, -0.1) is 5.10 Å². The number of nitrogens with zero attached hydrogens (tertiary/aromatic N) is 2. The Kier molecular flexibility index (Phi) is 3.36. The Hall–Kier alpha value is -1.20. The maximum atomic E-state index is 13.2. The summed E-state index contributed by atoms with van der Waals surface area (Å²) in [7, 11) is 0. The molecule has 6 heteroatoms. The molecule has 0 amide bonds. The molecule has 2 rings (SSSR count). The number of halogens is 2. The maximum absolute atomic E-state index is 13.2. The predicted molar refractivity (Wildman–Crippen MR) is 60.4 cm³/mol. The molecule has 1 heterocycles. The molecule has 0 atom stereocenters. The Labute approximate surface area is 101 Å². The summed E-state index contributed by atoms with van der Waals surface area (Å²) in [6.07, 6.45) is 0. The molecule has 0 spiro atoms. The highest BCUT2D eigenvalue weighted by atomic mass is 35.5. The minimum absolute atomic E-state index is 0.192. The van der Waals surface area contributed by atoms with Crippen molar-refractivity contribution in [1.82, 2.24) is 9.59 Å². The van der Waals surface area contributed by atoms with E-state index in [1.54, 1.807) is 19.1 Å². The fourth-order valence-electron chi connectivity index (χ4n) is 1.10. The van der Waals surface area contributed by atoms with Crippen molar-refractivity contribution in [3.05, 3.63) is 39.6 Å². The lowest BCUT2D eigenvalue weighted by atomic mass is 10.2. The Morgan fingerprint density at radius 1 is 1.50 bits per heavy atom. The summed E-state index contributed by atoms with van der Waals surface area (Å²) in [6, 6.07) is 4.70. The third kappa shape index (κ3) is 2.48. The lowest BCUT2D eigenvalue weighted by molar-refractivity contribution is 0.299. The van der Waals surface area contributed by atoms with Crippen LogP contribution in [0.25, 0.3) is 0 Å². The summed E-state index contributed by atoms with van der Waals surface area (Å²) >= 11 is 6.90. The van der Waals surface area contributed by atoms with E-state index in [-0.39, 0.29) is 12.4 Å². The standard InChI is InChI=1S/C10H8ClFN2OS/c1-6-2-3-7(4-8(6)12)15-5-9-10(11)16-14-13-9/h2-4H,5H2,1H3. The van der Waals surface area contributed by atoms with Crippen LogP contribution in [-0.4, -0.2) is 9.59 Å². The number of rotatable bonds is 3. The smallest absolute Gasteiger partial charge is 0.141 e. The zero-order valence-corrected chi connectivity index (χ0v) is 9.98. The van der Waals surface area contributed by atoms with E-state index in [1.807, 2.05) is 0 Å². The molecule has 0 aliphatic carbocycles. The predicted octanol–water partition coefficient (Wildman–Crippen LogP) is 3.22. The lowest BCUT2D eigenvalue weighted by Crippen LogP contribution is -1.97. The van der Waals surface area contributed by atoms with Gasteiger partial charge in [0.25, 0.3) is 0 Å². The molecule has 0 aliphatic heterocycles. The second-order valence-electron chi connectivity index (χ2n) is 3.19. The highest BCUT2D eigenvalue weighted by Crippen LogP contribution is 2.21. The quantitative estimate of drug-likeness (QED) is 0.848. The van der Waals surface area contributed by atoms with E-state index in [0.29, 0.717) is 21.3 Å². The molecular weight excluding hydrogens is 251 g/mol. The van der Waals surface area contributed by atoms with Crippen LogP contribution in [0, 0.1) is 12.7 Å². The van der Waals surface area contributed by atoms with Crippen LogP contribution in [0.15, 0.2) is 18.2 Å². The Bertz CT molecular complexity index is 503. The van der Waals surface area contributed by atoms with E-state index in [2.05, 4.69) is 9.59 Å². The molecule has 16 heavy (non-hydrogen) atoms. The summed E-state index contributed by atoms with van der Waals surface area (Å²) < 4.78 is 22.7. The first-order chi connectivity index (χ1) is 7.66. The molecule has 3 nitrogen and oxygen atoms in total. The van der Waals surface area contributed by atoms with Gasteiger partial charge in [-0.3, -0.25) is 0 Å². The van der Waals surface area contributed by atoms with Gasteiger partial charge in [0.05, 0.1) is 0 Å². The number of aryl methyl sites for hydroxylation is 1. The van der Waals surface area contributed by atoms with Crippen LogP contribution in [0.4, 0.5) is 4.39 Å². The Balaban J connectivity index is 2.05. The molecule has 0 unspecified atom stereocenters. The monoisotopic (exact) mass is 258 g/mol. The minimum atomic E-state index is -0.292. The van der Waals surface area contributed by atoms with Crippen molar-refractivity contribution in [3.63, 3.8) is 0 Å². The van der Waals surface area contributed by atoms with Crippen LogP contribution in [0.2, 0.25) is 4.34 Å². The Morgan fingerprint density at radius 2 is 2.31 bits per heavy atom. The average Bonchev–Trinajstić information content (AvgIpc) is 2.66. The van der Waals surface area contributed by atoms with E-state index in [0.717, 1.165) is 11.5 Å². The van der Waals surface area contributed by atoms with Gasteiger partial charge < -0.3 is 4.74 Å². The highest BCUT2D eigenvalue weighted by molar-refractivity contribution is 7.10. The van der Waals surface area contributed by atoms with Crippen LogP contribution >= 0.6 is 23.1 Å². The summed E-state index contributed by atoms with van der Waals surface area (Å²) in [5, 5.41) is 3.79. The number of benzene rings is 1. The zero-order valence-electron chi connectivity index (χ0n) is 8.41. The molecule has 0 N–H and O–H groups in total. The molecule has 0 saturated carbocycles. The van der Waals surface area contributed by atoms with Gasteiger partial charge in [0.15, 0.2) is 0 Å². The topological polar surface area (TPSA) is 35.0 Å². The summed E-state index contributed by atoms with van der Waals surface area (Å²) in [5.41, 5.74) is 1.15. The van der Waals surface area contributed by atoms with E-state index in [1.165, 1.54) is 6.07 Å². The van der Waals surface area contributed by atoms with Crippen molar-refractivity contribution in [3.8, 4) is 5.75 Å². The number of ether oxygens (including phenoxy) is 1. The molecule has 1 aromatic heterocycles. The third-order valence-corrected chi connectivity index (χ3v) is 3.01. The molecular formula is C10H8ClFN2OS. The molecule has 0 fully saturated rings. The third-order valence-electron chi connectivity index (χ3n) is 2.03. The van der Waals surface area contributed by atoms with E-state index < -0.39 is 0 Å². The van der Waals surface area contributed by atoms with Crippen molar-refractivity contribution in [2.75, 3.05) is 0 Å². The average molecular weight is 259 g/mol. The summed E-state index contributed by atoms with van der Waals surface area (Å²) in [5.74, 6) is 0.159. The first kappa shape index (κ1) is 11.3. The lowest BCUT2D eigenvalue weighted by Gasteiger charge is -2.05. The van der Waals surface area contributed by atoms with Crippen LogP contribution in [0.1, 0.15) is 11.3 Å². The Morgan fingerprint density at radius 3 is 2.94 bits per heavy atom. The first-order valence-corrected chi connectivity index (χ1v) is 5.67. The van der Waals surface area contributed by atoms with Crippen molar-refractivity contribution in [2.45, 2.75) is 13.5 Å². The minimum Gasteiger partial charge on any atom is -0.487 e. The molecule has 2 aromatic rings. The van der Waals surface area contributed by atoms with Gasteiger partial charge in [-0.1, -0.05) is 22.2 Å².